The molecule has 1 heterocycles. The third-order valence-corrected chi connectivity index (χ3v) is 3.87. The Morgan fingerprint density at radius 2 is 2.08 bits per heavy atom. The number of aldehydes is 1. The normalized spacial score (nSPS) is 10.3. The standard InChI is InChI=1S/C18H12ClN3O2/c19-14-6-5-12(8-20)16(7-14)21-18(24)10-22-9-13(11-23)15-3-1-2-4-17(15)22/h1-7,9,11H,10H2,(H,21,24). The Morgan fingerprint density at radius 3 is 2.83 bits per heavy atom. The number of hydrogen-bond acceptors (Lipinski definition) is 3. The van der Waals surface area contributed by atoms with Crippen molar-refractivity contribution in [2.24, 2.45) is 0 Å². The van der Waals surface area contributed by atoms with Gasteiger partial charge in [0.2, 0.25) is 5.91 Å². The van der Waals surface area contributed by atoms with Crippen molar-refractivity contribution in [3.8, 4) is 6.07 Å². The average Bonchev–Trinajstić information content (AvgIpc) is 2.93. The second-order valence-corrected chi connectivity index (χ2v) is 5.63. The maximum absolute atomic E-state index is 12.3. The number of nitrogens with zero attached hydrogens (tertiary/aromatic N) is 2. The fourth-order valence-corrected chi connectivity index (χ4v) is 2.73. The van der Waals surface area contributed by atoms with Crippen LogP contribution in [0.2, 0.25) is 5.02 Å². The molecule has 3 aromatic rings. The van der Waals surface area contributed by atoms with Gasteiger partial charge in [-0.05, 0) is 24.3 Å². The average molecular weight is 338 g/mol. The molecule has 118 valence electrons. The Hall–Kier alpha value is -3.10. The lowest BCUT2D eigenvalue weighted by atomic mass is 10.2. The Morgan fingerprint density at radius 1 is 1.29 bits per heavy atom. The van der Waals surface area contributed by atoms with Crippen molar-refractivity contribution < 1.29 is 9.59 Å². The minimum absolute atomic E-state index is 0.0196. The fraction of sp³-hybridized carbons (Fsp3) is 0.0556. The number of halogens is 1. The molecule has 2 aromatic carbocycles. The molecule has 0 radical (unpaired) electrons. The van der Waals surface area contributed by atoms with Gasteiger partial charge in [-0.2, -0.15) is 5.26 Å². The zero-order valence-corrected chi connectivity index (χ0v) is 13.2. The second kappa shape index (κ2) is 6.57. The van der Waals surface area contributed by atoms with Crippen LogP contribution in [0.5, 0.6) is 0 Å². The second-order valence-electron chi connectivity index (χ2n) is 5.20. The number of rotatable bonds is 4. The molecule has 0 spiro atoms. The number of hydrogen-bond donors (Lipinski definition) is 1. The van der Waals surface area contributed by atoms with E-state index in [1.807, 2.05) is 30.3 Å². The van der Waals surface area contributed by atoms with Crippen molar-refractivity contribution in [3.05, 3.63) is 64.8 Å². The van der Waals surface area contributed by atoms with E-state index in [9.17, 15) is 9.59 Å². The van der Waals surface area contributed by atoms with Crippen molar-refractivity contribution in [2.75, 3.05) is 5.32 Å². The molecule has 6 heteroatoms. The highest BCUT2D eigenvalue weighted by molar-refractivity contribution is 6.31. The Bertz CT molecular complexity index is 986. The highest BCUT2D eigenvalue weighted by atomic mass is 35.5. The molecular formula is C18H12ClN3O2. The minimum atomic E-state index is -0.313. The molecule has 1 aromatic heterocycles. The number of nitrogens with one attached hydrogen (secondary N) is 1. The van der Waals surface area contributed by atoms with Gasteiger partial charge in [0.05, 0.1) is 11.3 Å². The third-order valence-electron chi connectivity index (χ3n) is 3.64. The monoisotopic (exact) mass is 337 g/mol. The topological polar surface area (TPSA) is 74.9 Å². The molecule has 0 fully saturated rings. The number of anilines is 1. The Kier molecular flexibility index (Phi) is 4.32. The van der Waals surface area contributed by atoms with Crippen molar-refractivity contribution in [3.63, 3.8) is 0 Å². The van der Waals surface area contributed by atoms with Crippen molar-refractivity contribution >= 4 is 40.4 Å². The van der Waals surface area contributed by atoms with Gasteiger partial charge in [0.15, 0.2) is 6.29 Å². The van der Waals surface area contributed by atoms with Crippen molar-refractivity contribution in [2.45, 2.75) is 6.54 Å². The van der Waals surface area contributed by atoms with Crippen LogP contribution < -0.4 is 5.32 Å². The first-order valence-electron chi connectivity index (χ1n) is 7.15. The van der Waals surface area contributed by atoms with E-state index in [1.165, 1.54) is 6.07 Å². The summed E-state index contributed by atoms with van der Waals surface area (Å²) in [7, 11) is 0. The Balaban J connectivity index is 1.88. The van der Waals surface area contributed by atoms with Gasteiger partial charge in [-0.3, -0.25) is 9.59 Å². The highest BCUT2D eigenvalue weighted by Gasteiger charge is 2.12. The maximum Gasteiger partial charge on any atom is 0.244 e. The first-order valence-corrected chi connectivity index (χ1v) is 7.52. The summed E-state index contributed by atoms with van der Waals surface area (Å²) in [5.41, 5.74) is 2.01. The van der Waals surface area contributed by atoms with Gasteiger partial charge < -0.3 is 9.88 Å². The SMILES string of the molecule is N#Cc1ccc(Cl)cc1NC(=O)Cn1cc(C=O)c2ccccc21. The molecule has 0 saturated carbocycles. The highest BCUT2D eigenvalue weighted by Crippen LogP contribution is 2.22. The van der Waals surface area contributed by atoms with Crippen molar-refractivity contribution in [1.82, 2.24) is 4.57 Å². The van der Waals surface area contributed by atoms with Gasteiger partial charge in [0.25, 0.3) is 0 Å². The zero-order valence-electron chi connectivity index (χ0n) is 12.5. The van der Waals surface area contributed by atoms with E-state index in [0.717, 1.165) is 17.2 Å². The Labute approximate surface area is 143 Å². The van der Waals surface area contributed by atoms with Gasteiger partial charge in [-0.25, -0.2) is 0 Å². The third kappa shape index (κ3) is 3.00. The first kappa shape index (κ1) is 15.8. The first-order chi connectivity index (χ1) is 11.6. The number of fused-ring (bicyclic) bond motifs is 1. The van der Waals surface area contributed by atoms with E-state index in [-0.39, 0.29) is 12.5 Å². The number of amides is 1. The molecule has 3 rings (SSSR count). The van der Waals surface area contributed by atoms with Crippen LogP contribution in [0.1, 0.15) is 15.9 Å². The molecule has 0 aliphatic heterocycles. The van der Waals surface area contributed by atoms with Crippen molar-refractivity contribution in [1.29, 1.82) is 5.26 Å². The molecule has 1 N–H and O–H groups in total. The summed E-state index contributed by atoms with van der Waals surface area (Å²) in [6, 6.07) is 14.0. The smallest absolute Gasteiger partial charge is 0.244 e. The molecule has 5 nitrogen and oxygen atoms in total. The molecule has 0 saturated heterocycles. The predicted octanol–water partition coefficient (Wildman–Crippen LogP) is 3.62. The summed E-state index contributed by atoms with van der Waals surface area (Å²) in [5, 5.41) is 13.0. The molecule has 0 aliphatic carbocycles. The summed E-state index contributed by atoms with van der Waals surface area (Å²) in [6.07, 6.45) is 2.40. The van der Waals surface area contributed by atoms with Gasteiger partial charge in [-0.15, -0.1) is 0 Å². The zero-order chi connectivity index (χ0) is 17.1. The number of para-hydroxylation sites is 1. The quantitative estimate of drug-likeness (QED) is 0.739. The molecule has 0 aliphatic rings. The summed E-state index contributed by atoms with van der Waals surface area (Å²) >= 11 is 5.91. The summed E-state index contributed by atoms with van der Waals surface area (Å²) in [6.45, 7) is 0.0196. The molecule has 0 unspecified atom stereocenters. The summed E-state index contributed by atoms with van der Waals surface area (Å²) in [4.78, 5) is 23.5. The van der Waals surface area contributed by atoms with Gasteiger partial charge >= 0.3 is 0 Å². The van der Waals surface area contributed by atoms with E-state index in [1.54, 1.807) is 22.9 Å². The van der Waals surface area contributed by atoms with Gasteiger partial charge in [0.1, 0.15) is 12.6 Å². The van der Waals surface area contributed by atoms with E-state index in [0.29, 0.717) is 21.8 Å². The lowest BCUT2D eigenvalue weighted by molar-refractivity contribution is -0.116. The lowest BCUT2D eigenvalue weighted by Crippen LogP contribution is -2.18. The predicted molar refractivity (Wildman–Crippen MR) is 92.1 cm³/mol. The van der Waals surface area contributed by atoms with E-state index >= 15 is 0 Å². The summed E-state index contributed by atoms with van der Waals surface area (Å²) in [5.74, 6) is -0.313. The van der Waals surface area contributed by atoms with E-state index in [4.69, 9.17) is 16.9 Å². The molecular weight excluding hydrogens is 326 g/mol. The number of aromatic nitrogens is 1. The number of nitriles is 1. The molecule has 24 heavy (non-hydrogen) atoms. The van der Waals surface area contributed by atoms with Crippen LogP contribution in [0.15, 0.2) is 48.7 Å². The van der Waals surface area contributed by atoms with Crippen LogP contribution >= 0.6 is 11.6 Å². The van der Waals surface area contributed by atoms with Crippen LogP contribution in [0.25, 0.3) is 10.9 Å². The van der Waals surface area contributed by atoms with Crippen LogP contribution in [0.3, 0.4) is 0 Å². The van der Waals surface area contributed by atoms with Gasteiger partial charge in [-0.1, -0.05) is 29.8 Å². The molecule has 1 amide bonds. The lowest BCUT2D eigenvalue weighted by Gasteiger charge is -2.09. The number of carbonyl (C=O) groups is 2. The number of carbonyl (C=O) groups excluding carboxylic acids is 2. The van der Waals surface area contributed by atoms with Crippen LogP contribution in [0.4, 0.5) is 5.69 Å². The van der Waals surface area contributed by atoms with E-state index < -0.39 is 0 Å². The van der Waals surface area contributed by atoms with Crippen LogP contribution in [-0.2, 0) is 11.3 Å². The summed E-state index contributed by atoms with van der Waals surface area (Å²) < 4.78 is 1.70. The van der Waals surface area contributed by atoms with Crippen LogP contribution in [0, 0.1) is 11.3 Å². The van der Waals surface area contributed by atoms with E-state index in [2.05, 4.69) is 5.32 Å². The molecule has 0 atom stereocenters. The van der Waals surface area contributed by atoms with Gasteiger partial charge in [0, 0.05) is 27.7 Å². The maximum atomic E-state index is 12.3. The largest absolute Gasteiger partial charge is 0.337 e. The minimum Gasteiger partial charge on any atom is -0.337 e. The number of benzene rings is 2. The van der Waals surface area contributed by atoms with Crippen LogP contribution in [-0.4, -0.2) is 16.8 Å². The molecule has 0 bridgehead atoms. The fourth-order valence-electron chi connectivity index (χ4n) is 2.56.